The number of thiophene rings is 1. The Morgan fingerprint density at radius 2 is 2.12 bits per heavy atom. The van der Waals surface area contributed by atoms with Crippen LogP contribution in [0.2, 0.25) is 0 Å². The van der Waals surface area contributed by atoms with Crippen molar-refractivity contribution in [3.8, 4) is 0 Å². The van der Waals surface area contributed by atoms with Crippen LogP contribution in [0.4, 0.5) is 10.1 Å². The molecule has 0 saturated carbocycles. The number of benzene rings is 1. The maximum atomic E-state index is 13.2. The summed E-state index contributed by atoms with van der Waals surface area (Å²) in [6.45, 7) is 0. The molecule has 0 atom stereocenters. The summed E-state index contributed by atoms with van der Waals surface area (Å²) in [6.07, 6.45) is 0. The first-order valence-electron chi connectivity index (χ1n) is 4.10. The zero-order valence-electron chi connectivity index (χ0n) is 7.64. The summed E-state index contributed by atoms with van der Waals surface area (Å²) < 4.78 is 13.6. The Balaban J connectivity index is 2.70. The number of carboxylic acids is 1. The van der Waals surface area contributed by atoms with Crippen LogP contribution in [-0.2, 0) is 0 Å². The number of hydrogen-bond acceptors (Lipinski definition) is 4. The van der Waals surface area contributed by atoms with Gasteiger partial charge in [0.25, 0.3) is 0 Å². The van der Waals surface area contributed by atoms with Crippen LogP contribution in [0.5, 0.6) is 0 Å². The van der Waals surface area contributed by atoms with Crippen molar-refractivity contribution in [2.75, 3.05) is 0 Å². The molecule has 0 aliphatic rings. The van der Waals surface area contributed by atoms with Gasteiger partial charge < -0.3 is 5.11 Å². The van der Waals surface area contributed by atoms with E-state index in [-0.39, 0.29) is 4.88 Å². The molecule has 1 heterocycles. The highest BCUT2D eigenvalue weighted by atomic mass is 32.1. The number of nitrogens with zero attached hydrogens (tertiary/aromatic N) is 1. The summed E-state index contributed by atoms with van der Waals surface area (Å²) >= 11 is 0.878. The predicted molar refractivity (Wildman–Crippen MR) is 55.4 cm³/mol. The van der Waals surface area contributed by atoms with Crippen molar-refractivity contribution in [1.29, 1.82) is 0 Å². The van der Waals surface area contributed by atoms with Gasteiger partial charge in [-0.25, -0.2) is 4.79 Å². The molecule has 82 valence electrons. The van der Waals surface area contributed by atoms with Crippen molar-refractivity contribution in [2.45, 2.75) is 0 Å². The molecular weight excluding hydrogens is 237 g/mol. The van der Waals surface area contributed by atoms with E-state index in [9.17, 15) is 19.3 Å². The van der Waals surface area contributed by atoms with Crippen molar-refractivity contribution in [2.24, 2.45) is 0 Å². The Morgan fingerprint density at radius 1 is 1.44 bits per heavy atom. The van der Waals surface area contributed by atoms with Gasteiger partial charge in [-0.2, -0.15) is 4.39 Å². The van der Waals surface area contributed by atoms with Gasteiger partial charge in [0.2, 0.25) is 5.82 Å². The lowest BCUT2D eigenvalue weighted by Crippen LogP contribution is -1.91. The van der Waals surface area contributed by atoms with Gasteiger partial charge in [0.05, 0.1) is 4.92 Å². The van der Waals surface area contributed by atoms with Crippen molar-refractivity contribution in [1.82, 2.24) is 0 Å². The van der Waals surface area contributed by atoms with E-state index >= 15 is 0 Å². The van der Waals surface area contributed by atoms with Crippen molar-refractivity contribution >= 4 is 33.1 Å². The summed E-state index contributed by atoms with van der Waals surface area (Å²) in [6, 6.07) is 3.30. The zero-order valence-corrected chi connectivity index (χ0v) is 8.45. The van der Waals surface area contributed by atoms with Crippen molar-refractivity contribution < 1.29 is 19.2 Å². The van der Waals surface area contributed by atoms with Crippen LogP contribution in [-0.4, -0.2) is 16.0 Å². The number of carboxylic acid groups (broad SMARTS) is 1. The van der Waals surface area contributed by atoms with E-state index in [1.807, 2.05) is 0 Å². The number of halogens is 1. The topological polar surface area (TPSA) is 80.4 Å². The second-order valence-corrected chi connectivity index (χ2v) is 4.10. The van der Waals surface area contributed by atoms with Crippen LogP contribution in [0.1, 0.15) is 9.67 Å². The summed E-state index contributed by atoms with van der Waals surface area (Å²) in [5, 5.41) is 19.5. The van der Waals surface area contributed by atoms with Crippen LogP contribution >= 0.6 is 11.3 Å². The number of aromatic carboxylic acids is 1. The van der Waals surface area contributed by atoms with Crippen LogP contribution in [0.15, 0.2) is 18.2 Å². The molecule has 0 saturated heterocycles. The molecule has 0 bridgehead atoms. The Bertz CT molecular complexity index is 607. The molecule has 2 rings (SSSR count). The number of fused-ring (bicyclic) bond motifs is 1. The molecule has 0 aliphatic heterocycles. The molecule has 0 aliphatic carbocycles. The number of nitro benzene ring substituents is 1. The minimum atomic E-state index is -1.13. The average molecular weight is 241 g/mol. The van der Waals surface area contributed by atoms with Gasteiger partial charge in [-0.05, 0) is 12.1 Å². The lowest BCUT2D eigenvalue weighted by molar-refractivity contribution is -0.387. The van der Waals surface area contributed by atoms with Crippen molar-refractivity contribution in [3.05, 3.63) is 39.0 Å². The van der Waals surface area contributed by atoms with E-state index in [1.54, 1.807) is 0 Å². The molecule has 1 aromatic heterocycles. The second-order valence-electron chi connectivity index (χ2n) is 3.01. The minimum Gasteiger partial charge on any atom is -0.477 e. The molecule has 0 fully saturated rings. The third-order valence-electron chi connectivity index (χ3n) is 1.99. The standard InChI is InChI=1S/C9H4FNO4S/c10-5-3-7-4(1-6(5)11(14)15)2-8(16-7)9(12)13/h1-3H,(H,12,13). The highest BCUT2D eigenvalue weighted by molar-refractivity contribution is 7.20. The van der Waals surface area contributed by atoms with E-state index in [0.717, 1.165) is 23.5 Å². The maximum Gasteiger partial charge on any atom is 0.345 e. The normalized spacial score (nSPS) is 10.6. The van der Waals surface area contributed by atoms with Crippen LogP contribution in [0, 0.1) is 15.9 Å². The largest absolute Gasteiger partial charge is 0.477 e. The summed E-state index contributed by atoms with van der Waals surface area (Å²) in [5.41, 5.74) is -0.651. The van der Waals surface area contributed by atoms with Crippen LogP contribution < -0.4 is 0 Å². The van der Waals surface area contributed by atoms with Gasteiger partial charge in [-0.3, -0.25) is 10.1 Å². The molecule has 0 spiro atoms. The average Bonchev–Trinajstić information content (AvgIpc) is 2.58. The quantitative estimate of drug-likeness (QED) is 0.647. The Hall–Kier alpha value is -2.02. The number of carbonyl (C=O) groups is 1. The summed E-state index contributed by atoms with van der Waals surface area (Å²) in [7, 11) is 0. The third-order valence-corrected chi connectivity index (χ3v) is 3.08. The highest BCUT2D eigenvalue weighted by Crippen LogP contribution is 2.31. The molecule has 0 radical (unpaired) electrons. The molecule has 16 heavy (non-hydrogen) atoms. The predicted octanol–water partition coefficient (Wildman–Crippen LogP) is 2.65. The first kappa shape index (κ1) is 10.5. The molecule has 2 aromatic rings. The second kappa shape index (κ2) is 3.53. The molecule has 1 N–H and O–H groups in total. The molecule has 0 unspecified atom stereocenters. The minimum absolute atomic E-state index is 0.0231. The van der Waals surface area contributed by atoms with Gasteiger partial charge in [0.15, 0.2) is 0 Å². The van der Waals surface area contributed by atoms with E-state index in [2.05, 4.69) is 0 Å². The fraction of sp³-hybridized carbons (Fsp3) is 0. The van der Waals surface area contributed by atoms with E-state index < -0.39 is 22.4 Å². The third kappa shape index (κ3) is 1.61. The molecule has 7 heteroatoms. The van der Waals surface area contributed by atoms with Crippen LogP contribution in [0.25, 0.3) is 10.1 Å². The van der Waals surface area contributed by atoms with Gasteiger partial charge in [-0.15, -0.1) is 11.3 Å². The number of hydrogen-bond donors (Lipinski definition) is 1. The summed E-state index contributed by atoms with van der Waals surface area (Å²) in [4.78, 5) is 20.3. The Morgan fingerprint density at radius 3 is 2.69 bits per heavy atom. The van der Waals surface area contributed by atoms with E-state index in [1.165, 1.54) is 6.07 Å². The first-order chi connectivity index (χ1) is 7.49. The molecular formula is C9H4FNO4S. The monoisotopic (exact) mass is 241 g/mol. The molecule has 5 nitrogen and oxygen atoms in total. The van der Waals surface area contributed by atoms with E-state index in [0.29, 0.717) is 10.1 Å². The lowest BCUT2D eigenvalue weighted by atomic mass is 10.2. The van der Waals surface area contributed by atoms with Gasteiger partial charge in [0, 0.05) is 16.2 Å². The lowest BCUT2D eigenvalue weighted by Gasteiger charge is -1.93. The highest BCUT2D eigenvalue weighted by Gasteiger charge is 2.17. The maximum absolute atomic E-state index is 13.2. The van der Waals surface area contributed by atoms with Crippen LogP contribution in [0.3, 0.4) is 0 Å². The SMILES string of the molecule is O=C(O)c1cc2cc([N+](=O)[O-])c(F)cc2s1. The Kier molecular flexibility index (Phi) is 2.31. The van der Waals surface area contributed by atoms with Crippen molar-refractivity contribution in [3.63, 3.8) is 0 Å². The molecule has 1 aromatic carbocycles. The van der Waals surface area contributed by atoms with E-state index in [4.69, 9.17) is 5.11 Å². The zero-order chi connectivity index (χ0) is 11.9. The smallest absolute Gasteiger partial charge is 0.345 e. The summed E-state index contributed by atoms with van der Waals surface area (Å²) in [5.74, 6) is -2.10. The number of rotatable bonds is 2. The van der Waals surface area contributed by atoms with Gasteiger partial charge >= 0.3 is 11.7 Å². The Labute approximate surface area is 91.9 Å². The number of nitro groups is 1. The first-order valence-corrected chi connectivity index (χ1v) is 4.91. The fourth-order valence-corrected chi connectivity index (χ4v) is 2.20. The van der Waals surface area contributed by atoms with Gasteiger partial charge in [-0.1, -0.05) is 0 Å². The molecule has 0 amide bonds. The van der Waals surface area contributed by atoms with Gasteiger partial charge in [0.1, 0.15) is 4.88 Å². The fourth-order valence-electron chi connectivity index (χ4n) is 1.30.